The lowest BCUT2D eigenvalue weighted by atomic mass is 10.1. The zero-order valence-corrected chi connectivity index (χ0v) is 22.6. The molecule has 0 saturated heterocycles. The number of anilines is 2. The van der Waals surface area contributed by atoms with Crippen LogP contribution in [0.3, 0.4) is 0 Å². The third-order valence-corrected chi connectivity index (χ3v) is 8.75. The Kier molecular flexibility index (Phi) is 7.09. The topological polar surface area (TPSA) is 96.0 Å². The number of amides is 2. The normalized spacial score (nSPS) is 15.0. The SMILES string of the molecule is CN(c1ccc2sc(C(=O)N3C[C@@H](C(=O)NCCc4ccccc4)Oc4ccccc43)cc2c1)S(C)(=O)=O. The number of nitrogens with zero attached hydrogens (tertiary/aromatic N) is 2. The molecule has 3 aromatic carbocycles. The highest BCUT2D eigenvalue weighted by Crippen LogP contribution is 2.36. The molecular formula is C28H27N3O5S2. The summed E-state index contributed by atoms with van der Waals surface area (Å²) in [6.07, 6.45) is 0.981. The van der Waals surface area contributed by atoms with Gasteiger partial charge in [0.05, 0.1) is 29.1 Å². The van der Waals surface area contributed by atoms with Gasteiger partial charge in [-0.2, -0.15) is 0 Å². The van der Waals surface area contributed by atoms with Gasteiger partial charge in [0, 0.05) is 18.3 Å². The number of fused-ring (bicyclic) bond motifs is 2. The molecule has 10 heteroatoms. The number of hydrogen-bond donors (Lipinski definition) is 1. The number of carbonyl (C=O) groups excluding carboxylic acids is 2. The number of carbonyl (C=O) groups is 2. The Morgan fingerprint density at radius 1 is 1.05 bits per heavy atom. The highest BCUT2D eigenvalue weighted by Gasteiger charge is 2.34. The molecule has 0 fully saturated rings. The Hall–Kier alpha value is -3.89. The van der Waals surface area contributed by atoms with Crippen molar-refractivity contribution in [2.75, 3.05) is 35.6 Å². The molecule has 0 radical (unpaired) electrons. The van der Waals surface area contributed by atoms with Gasteiger partial charge in [0.1, 0.15) is 5.75 Å². The maximum Gasteiger partial charge on any atom is 0.268 e. The lowest BCUT2D eigenvalue weighted by Crippen LogP contribution is -2.51. The molecule has 38 heavy (non-hydrogen) atoms. The van der Waals surface area contributed by atoms with E-state index in [1.807, 2.05) is 42.5 Å². The fourth-order valence-corrected chi connectivity index (χ4v) is 5.80. The van der Waals surface area contributed by atoms with E-state index in [-0.39, 0.29) is 18.4 Å². The van der Waals surface area contributed by atoms with Crippen LogP contribution in [0.25, 0.3) is 10.1 Å². The summed E-state index contributed by atoms with van der Waals surface area (Å²) < 4.78 is 31.9. The molecule has 196 valence electrons. The van der Waals surface area contributed by atoms with E-state index in [1.165, 1.54) is 22.7 Å². The maximum atomic E-state index is 13.7. The number of hydrogen-bond acceptors (Lipinski definition) is 6. The van der Waals surface area contributed by atoms with Gasteiger partial charge in [0.25, 0.3) is 11.8 Å². The largest absolute Gasteiger partial charge is 0.477 e. The van der Waals surface area contributed by atoms with Crippen LogP contribution >= 0.6 is 11.3 Å². The van der Waals surface area contributed by atoms with Crippen molar-refractivity contribution in [2.45, 2.75) is 12.5 Å². The van der Waals surface area contributed by atoms with Crippen LogP contribution in [0.5, 0.6) is 5.75 Å². The number of rotatable bonds is 7. The van der Waals surface area contributed by atoms with Crippen LogP contribution in [0.2, 0.25) is 0 Å². The Labute approximate surface area is 225 Å². The first kappa shape index (κ1) is 25.7. The van der Waals surface area contributed by atoms with E-state index < -0.39 is 16.1 Å². The molecule has 0 spiro atoms. The van der Waals surface area contributed by atoms with Crippen molar-refractivity contribution >= 4 is 54.6 Å². The Morgan fingerprint density at radius 2 is 1.79 bits per heavy atom. The molecule has 4 aromatic rings. The van der Waals surface area contributed by atoms with E-state index in [9.17, 15) is 18.0 Å². The number of thiophene rings is 1. The molecule has 5 rings (SSSR count). The van der Waals surface area contributed by atoms with Crippen LogP contribution in [0.15, 0.2) is 78.9 Å². The highest BCUT2D eigenvalue weighted by molar-refractivity contribution is 7.92. The average molecular weight is 550 g/mol. The monoisotopic (exact) mass is 549 g/mol. The predicted octanol–water partition coefficient (Wildman–Crippen LogP) is 4.06. The van der Waals surface area contributed by atoms with Gasteiger partial charge in [0.15, 0.2) is 6.10 Å². The second-order valence-corrected chi connectivity index (χ2v) is 12.2. The van der Waals surface area contributed by atoms with Crippen molar-refractivity contribution in [1.29, 1.82) is 0 Å². The quantitative estimate of drug-likeness (QED) is 0.375. The second-order valence-electron chi connectivity index (χ2n) is 9.08. The molecule has 1 aromatic heterocycles. The van der Waals surface area contributed by atoms with Gasteiger partial charge in [-0.3, -0.25) is 18.8 Å². The van der Waals surface area contributed by atoms with E-state index in [0.717, 1.165) is 21.9 Å². The van der Waals surface area contributed by atoms with Gasteiger partial charge in [0.2, 0.25) is 10.0 Å². The molecule has 0 saturated carbocycles. The molecular weight excluding hydrogens is 522 g/mol. The van der Waals surface area contributed by atoms with Crippen molar-refractivity contribution in [1.82, 2.24) is 5.32 Å². The van der Waals surface area contributed by atoms with E-state index in [4.69, 9.17) is 4.74 Å². The van der Waals surface area contributed by atoms with Crippen molar-refractivity contribution < 1.29 is 22.7 Å². The third-order valence-electron chi connectivity index (χ3n) is 6.44. The minimum Gasteiger partial charge on any atom is -0.477 e. The Morgan fingerprint density at radius 3 is 2.55 bits per heavy atom. The summed E-state index contributed by atoms with van der Waals surface area (Å²) in [4.78, 5) is 28.8. The van der Waals surface area contributed by atoms with Crippen molar-refractivity contribution in [3.05, 3.63) is 89.3 Å². The molecule has 0 aliphatic carbocycles. The summed E-state index contributed by atoms with van der Waals surface area (Å²) >= 11 is 1.32. The lowest BCUT2D eigenvalue weighted by molar-refractivity contribution is -0.127. The van der Waals surface area contributed by atoms with Crippen LogP contribution < -0.4 is 19.3 Å². The zero-order valence-electron chi connectivity index (χ0n) is 21.0. The molecule has 1 aliphatic heterocycles. The summed E-state index contributed by atoms with van der Waals surface area (Å²) in [6, 6.07) is 24.1. The summed E-state index contributed by atoms with van der Waals surface area (Å²) in [6.45, 7) is 0.530. The summed E-state index contributed by atoms with van der Waals surface area (Å²) in [7, 11) is -1.92. The first-order valence-corrected chi connectivity index (χ1v) is 14.7. The number of nitrogens with one attached hydrogen (secondary N) is 1. The van der Waals surface area contributed by atoms with Crippen molar-refractivity contribution in [3.8, 4) is 5.75 Å². The summed E-state index contributed by atoms with van der Waals surface area (Å²) in [5, 5.41) is 3.70. The van der Waals surface area contributed by atoms with Crippen LogP contribution in [0.1, 0.15) is 15.2 Å². The van der Waals surface area contributed by atoms with Crippen LogP contribution in [-0.4, -0.2) is 52.7 Å². The molecule has 0 unspecified atom stereocenters. The Balaban J connectivity index is 1.36. The van der Waals surface area contributed by atoms with Gasteiger partial charge in [-0.25, -0.2) is 8.42 Å². The van der Waals surface area contributed by atoms with E-state index in [0.29, 0.717) is 35.0 Å². The molecule has 1 aliphatic rings. The first-order valence-electron chi connectivity index (χ1n) is 12.1. The standard InChI is InChI=1S/C28H27N3O5S2/c1-30(38(2,34)35)21-12-13-25-20(16-21)17-26(37-25)28(33)31-18-24(36-23-11-7-6-10-22(23)31)27(32)29-15-14-19-8-4-3-5-9-19/h3-13,16-17,24H,14-15,18H2,1-2H3,(H,29,32)/t24-/m0/s1. The second kappa shape index (κ2) is 10.5. The number of sulfonamides is 1. The minimum atomic E-state index is -3.41. The van der Waals surface area contributed by atoms with Gasteiger partial charge in [-0.15, -0.1) is 11.3 Å². The zero-order chi connectivity index (χ0) is 26.9. The molecule has 2 heterocycles. The van der Waals surface area contributed by atoms with Crippen molar-refractivity contribution in [2.24, 2.45) is 0 Å². The van der Waals surface area contributed by atoms with Crippen LogP contribution in [0.4, 0.5) is 11.4 Å². The molecule has 8 nitrogen and oxygen atoms in total. The van der Waals surface area contributed by atoms with Crippen LogP contribution in [0, 0.1) is 0 Å². The minimum absolute atomic E-state index is 0.0727. The molecule has 0 bridgehead atoms. The van der Waals surface area contributed by atoms with Crippen molar-refractivity contribution in [3.63, 3.8) is 0 Å². The fourth-order valence-electron chi connectivity index (χ4n) is 4.31. The number of para-hydroxylation sites is 2. The van der Waals surface area contributed by atoms with Gasteiger partial charge in [-0.05, 0) is 53.8 Å². The third kappa shape index (κ3) is 5.36. The number of ether oxygens (including phenoxy) is 1. The molecule has 1 atom stereocenters. The van der Waals surface area contributed by atoms with Gasteiger partial charge in [-0.1, -0.05) is 42.5 Å². The lowest BCUT2D eigenvalue weighted by Gasteiger charge is -2.34. The average Bonchev–Trinajstić information content (AvgIpc) is 3.35. The number of benzene rings is 3. The maximum absolute atomic E-state index is 13.7. The molecule has 2 amide bonds. The fraction of sp³-hybridized carbons (Fsp3) is 0.214. The molecule has 1 N–H and O–H groups in total. The van der Waals surface area contributed by atoms with Crippen LogP contribution in [-0.2, 0) is 21.2 Å². The van der Waals surface area contributed by atoms with Gasteiger partial charge >= 0.3 is 0 Å². The van der Waals surface area contributed by atoms with E-state index >= 15 is 0 Å². The predicted molar refractivity (Wildman–Crippen MR) is 151 cm³/mol. The first-order chi connectivity index (χ1) is 18.2. The summed E-state index contributed by atoms with van der Waals surface area (Å²) in [5.41, 5.74) is 2.23. The smallest absolute Gasteiger partial charge is 0.268 e. The van der Waals surface area contributed by atoms with Gasteiger partial charge < -0.3 is 10.1 Å². The Bertz CT molecular complexity index is 1600. The highest BCUT2D eigenvalue weighted by atomic mass is 32.2. The van der Waals surface area contributed by atoms with E-state index in [2.05, 4.69) is 5.32 Å². The summed E-state index contributed by atoms with van der Waals surface area (Å²) in [5.74, 6) is -0.0615. The van der Waals surface area contributed by atoms with E-state index in [1.54, 1.807) is 41.3 Å².